The van der Waals surface area contributed by atoms with E-state index in [1.807, 2.05) is 13.8 Å². The van der Waals surface area contributed by atoms with Crippen LogP contribution in [0, 0.1) is 5.92 Å². The molecule has 184 valence electrons. The third-order valence-corrected chi connectivity index (χ3v) is 5.89. The topological polar surface area (TPSA) is 158 Å². The molecule has 10 nitrogen and oxygen atoms in total. The van der Waals surface area contributed by atoms with Crippen LogP contribution in [0.1, 0.15) is 59.0 Å². The summed E-state index contributed by atoms with van der Waals surface area (Å²) in [6, 6.07) is 5.12. The Morgan fingerprint density at radius 3 is 2.38 bits per heavy atom. The van der Waals surface area contributed by atoms with Crippen LogP contribution < -0.4 is 16.8 Å². The highest BCUT2D eigenvalue weighted by Crippen LogP contribution is 2.29. The van der Waals surface area contributed by atoms with E-state index in [0.717, 1.165) is 4.90 Å². The molecule has 2 rings (SSSR count). The molecule has 0 aliphatic rings. The SMILES string of the molecule is CCOC(=O)CN(C(=O)c1snc(C(N)=O)c1N)C(C(=O)NCCC(C)C)c1ccc(Cl)cc1. The van der Waals surface area contributed by atoms with Crippen LogP contribution in [0.2, 0.25) is 5.02 Å². The molecule has 0 bridgehead atoms. The lowest BCUT2D eigenvalue weighted by atomic mass is 10.0. The molecule has 3 amide bonds. The maximum Gasteiger partial charge on any atom is 0.325 e. The number of aromatic nitrogens is 1. The molecule has 1 aromatic carbocycles. The van der Waals surface area contributed by atoms with Crippen molar-refractivity contribution >= 4 is 52.5 Å². The molecule has 0 fully saturated rings. The van der Waals surface area contributed by atoms with Crippen LogP contribution in [-0.2, 0) is 14.3 Å². The van der Waals surface area contributed by atoms with Crippen molar-refractivity contribution in [2.45, 2.75) is 33.2 Å². The molecule has 5 N–H and O–H groups in total. The fourth-order valence-corrected chi connectivity index (χ4v) is 3.97. The van der Waals surface area contributed by atoms with E-state index in [1.54, 1.807) is 31.2 Å². The predicted octanol–water partition coefficient (Wildman–Crippen LogP) is 2.39. The van der Waals surface area contributed by atoms with Gasteiger partial charge < -0.3 is 26.4 Å². The third-order valence-electron chi connectivity index (χ3n) is 4.79. The van der Waals surface area contributed by atoms with Crippen molar-refractivity contribution in [2.24, 2.45) is 11.7 Å². The minimum atomic E-state index is -1.21. The number of nitrogen functional groups attached to an aromatic ring is 1. The first-order chi connectivity index (χ1) is 16.1. The third kappa shape index (κ3) is 6.91. The molecular formula is C22H28ClN5O5S. The van der Waals surface area contributed by atoms with E-state index in [2.05, 4.69) is 9.69 Å². The fraction of sp³-hybridized carbons (Fsp3) is 0.409. The van der Waals surface area contributed by atoms with Gasteiger partial charge >= 0.3 is 5.97 Å². The van der Waals surface area contributed by atoms with E-state index >= 15 is 0 Å². The van der Waals surface area contributed by atoms with Crippen LogP contribution in [-0.4, -0.2) is 52.7 Å². The number of anilines is 1. The van der Waals surface area contributed by atoms with Gasteiger partial charge in [-0.15, -0.1) is 0 Å². The summed E-state index contributed by atoms with van der Waals surface area (Å²) in [6.45, 7) is 5.57. The Bertz CT molecular complexity index is 1040. The Labute approximate surface area is 206 Å². The molecule has 0 saturated carbocycles. The van der Waals surface area contributed by atoms with Gasteiger partial charge in [0.25, 0.3) is 11.8 Å². The number of nitrogens with zero attached hydrogens (tertiary/aromatic N) is 2. The van der Waals surface area contributed by atoms with Crippen molar-refractivity contribution in [1.29, 1.82) is 0 Å². The summed E-state index contributed by atoms with van der Waals surface area (Å²) in [5.41, 5.74) is 11.2. The average Bonchev–Trinajstić information content (AvgIpc) is 3.15. The van der Waals surface area contributed by atoms with Gasteiger partial charge in [0.05, 0.1) is 12.3 Å². The molecule has 0 radical (unpaired) electrons. The van der Waals surface area contributed by atoms with Crippen LogP contribution >= 0.6 is 23.1 Å². The Hall–Kier alpha value is -3.18. The summed E-state index contributed by atoms with van der Waals surface area (Å²) in [5.74, 6) is -2.54. The summed E-state index contributed by atoms with van der Waals surface area (Å²) in [7, 11) is 0. The van der Waals surface area contributed by atoms with Crippen molar-refractivity contribution in [3.05, 3.63) is 45.4 Å². The van der Waals surface area contributed by atoms with Gasteiger partial charge in [-0.1, -0.05) is 37.6 Å². The van der Waals surface area contributed by atoms with E-state index in [9.17, 15) is 19.2 Å². The van der Waals surface area contributed by atoms with Gasteiger partial charge in [-0.2, -0.15) is 4.37 Å². The summed E-state index contributed by atoms with van der Waals surface area (Å²) in [4.78, 5) is 51.8. The highest BCUT2D eigenvalue weighted by atomic mass is 35.5. The molecule has 0 spiro atoms. The number of hydrogen-bond donors (Lipinski definition) is 3. The van der Waals surface area contributed by atoms with Crippen molar-refractivity contribution in [1.82, 2.24) is 14.6 Å². The highest BCUT2D eigenvalue weighted by Gasteiger charge is 2.36. The highest BCUT2D eigenvalue weighted by molar-refractivity contribution is 7.09. The Morgan fingerprint density at radius 1 is 1.21 bits per heavy atom. The minimum absolute atomic E-state index is 0.0849. The normalized spacial score (nSPS) is 11.7. The second-order valence-corrected chi connectivity index (χ2v) is 9.01. The molecular weight excluding hydrogens is 482 g/mol. The molecule has 0 aliphatic heterocycles. The summed E-state index contributed by atoms with van der Waals surface area (Å²) in [6.07, 6.45) is 0.717. The number of carbonyl (C=O) groups is 4. The number of benzene rings is 1. The van der Waals surface area contributed by atoms with Crippen molar-refractivity contribution in [3.63, 3.8) is 0 Å². The minimum Gasteiger partial charge on any atom is -0.465 e. The number of nitrogens with two attached hydrogens (primary N) is 2. The first-order valence-corrected chi connectivity index (χ1v) is 11.8. The lowest BCUT2D eigenvalue weighted by molar-refractivity contribution is -0.144. The van der Waals surface area contributed by atoms with E-state index in [1.165, 1.54) is 0 Å². The lowest BCUT2D eigenvalue weighted by Crippen LogP contribution is -2.46. The van der Waals surface area contributed by atoms with E-state index < -0.39 is 36.3 Å². The first-order valence-electron chi connectivity index (χ1n) is 10.6. The van der Waals surface area contributed by atoms with Gasteiger partial charge in [0.1, 0.15) is 17.5 Å². The number of halogens is 1. The fourth-order valence-electron chi connectivity index (χ4n) is 3.08. The van der Waals surface area contributed by atoms with Crippen LogP contribution in [0.25, 0.3) is 0 Å². The zero-order valence-corrected chi connectivity index (χ0v) is 20.7. The van der Waals surface area contributed by atoms with Crippen molar-refractivity contribution < 1.29 is 23.9 Å². The quantitative estimate of drug-likeness (QED) is 0.392. The van der Waals surface area contributed by atoms with Gasteiger partial charge in [0.15, 0.2) is 5.69 Å². The van der Waals surface area contributed by atoms with Gasteiger partial charge in [0, 0.05) is 11.6 Å². The Morgan fingerprint density at radius 2 is 1.85 bits per heavy atom. The number of amides is 3. The maximum atomic E-state index is 13.6. The van der Waals surface area contributed by atoms with Gasteiger partial charge in [-0.3, -0.25) is 19.2 Å². The molecule has 12 heteroatoms. The van der Waals surface area contributed by atoms with Gasteiger partial charge in [-0.25, -0.2) is 0 Å². The predicted molar refractivity (Wildman–Crippen MR) is 129 cm³/mol. The first kappa shape index (κ1) is 27.1. The Kier molecular flexibility index (Phi) is 9.82. The zero-order valence-electron chi connectivity index (χ0n) is 19.2. The second kappa shape index (κ2) is 12.3. The van der Waals surface area contributed by atoms with Crippen molar-refractivity contribution in [3.8, 4) is 0 Å². The van der Waals surface area contributed by atoms with E-state index in [4.69, 9.17) is 27.8 Å². The van der Waals surface area contributed by atoms with Crippen LogP contribution in [0.4, 0.5) is 5.69 Å². The monoisotopic (exact) mass is 509 g/mol. The second-order valence-electron chi connectivity index (χ2n) is 7.80. The molecule has 1 atom stereocenters. The molecule has 1 unspecified atom stereocenters. The number of rotatable bonds is 11. The Balaban J connectivity index is 2.54. The van der Waals surface area contributed by atoms with E-state index in [-0.39, 0.29) is 22.9 Å². The molecule has 34 heavy (non-hydrogen) atoms. The largest absolute Gasteiger partial charge is 0.465 e. The molecule has 2 aromatic rings. The van der Waals surface area contributed by atoms with Crippen LogP contribution in [0.3, 0.4) is 0 Å². The lowest BCUT2D eigenvalue weighted by Gasteiger charge is -2.30. The summed E-state index contributed by atoms with van der Waals surface area (Å²) < 4.78 is 8.88. The standard InChI is InChI=1S/C22H28ClN5O5S/c1-4-33-15(29)11-28(22(32)19-16(24)17(20(25)30)27-34-19)18(13-5-7-14(23)8-6-13)21(31)26-10-9-12(2)3/h5-8,12,18H,4,9-11,24H2,1-3H3,(H2,25,30)(H,26,31). The maximum absolute atomic E-state index is 13.6. The molecule has 1 aromatic heterocycles. The molecule has 1 heterocycles. The number of esters is 1. The van der Waals surface area contributed by atoms with Crippen molar-refractivity contribution in [2.75, 3.05) is 25.4 Å². The number of carbonyl (C=O) groups excluding carboxylic acids is 4. The smallest absolute Gasteiger partial charge is 0.325 e. The average molecular weight is 510 g/mol. The zero-order chi connectivity index (χ0) is 25.4. The number of primary amides is 1. The van der Waals surface area contributed by atoms with Crippen LogP contribution in [0.5, 0.6) is 0 Å². The number of ether oxygens (including phenoxy) is 1. The number of nitrogens with one attached hydrogen (secondary N) is 1. The van der Waals surface area contributed by atoms with Gasteiger partial charge in [0.2, 0.25) is 5.91 Å². The van der Waals surface area contributed by atoms with Gasteiger partial charge in [-0.05, 0) is 48.5 Å². The summed E-state index contributed by atoms with van der Waals surface area (Å²) in [5, 5.41) is 3.26. The van der Waals surface area contributed by atoms with E-state index in [0.29, 0.717) is 41.0 Å². The molecule has 0 aliphatic carbocycles. The number of hydrogen-bond acceptors (Lipinski definition) is 8. The van der Waals surface area contributed by atoms with Crippen LogP contribution in [0.15, 0.2) is 24.3 Å². The summed E-state index contributed by atoms with van der Waals surface area (Å²) >= 11 is 6.67. The molecule has 0 saturated heterocycles.